The van der Waals surface area contributed by atoms with Crippen molar-refractivity contribution in [1.82, 2.24) is 5.32 Å². The van der Waals surface area contributed by atoms with E-state index in [1.165, 1.54) is 12.1 Å². The third-order valence-corrected chi connectivity index (χ3v) is 4.18. The maximum Gasteiger partial charge on any atom is 0.269 e. The number of hydrogen-bond donors (Lipinski definition) is 1. The van der Waals surface area contributed by atoms with Gasteiger partial charge in [0.2, 0.25) is 0 Å². The first kappa shape index (κ1) is 16.5. The van der Waals surface area contributed by atoms with Crippen LogP contribution in [0.1, 0.15) is 11.3 Å². The third kappa shape index (κ3) is 3.41. The van der Waals surface area contributed by atoms with Gasteiger partial charge in [-0.05, 0) is 42.0 Å². The van der Waals surface area contributed by atoms with Crippen LogP contribution in [0.2, 0.25) is 0 Å². The Labute approximate surface area is 154 Å². The van der Waals surface area contributed by atoms with Crippen LogP contribution in [0.15, 0.2) is 82.8 Å². The molecule has 1 aliphatic rings. The summed E-state index contributed by atoms with van der Waals surface area (Å²) in [5.41, 5.74) is 2.92. The lowest BCUT2D eigenvalue weighted by atomic mass is 10.1. The van der Waals surface area contributed by atoms with E-state index in [2.05, 4.69) is 5.32 Å². The van der Waals surface area contributed by atoms with Gasteiger partial charge in [0.05, 0.1) is 4.92 Å². The highest BCUT2D eigenvalue weighted by molar-refractivity contribution is 6.10. The Kier molecular flexibility index (Phi) is 4.14. The van der Waals surface area contributed by atoms with Gasteiger partial charge < -0.3 is 9.73 Å². The number of carbonyl (C=O) groups excluding carboxylic acids is 1. The number of benzene rings is 2. The van der Waals surface area contributed by atoms with Gasteiger partial charge in [-0.15, -0.1) is 0 Å². The Balaban J connectivity index is 1.59. The lowest BCUT2D eigenvalue weighted by Gasteiger charge is -2.00. The fourth-order valence-electron chi connectivity index (χ4n) is 2.82. The highest BCUT2D eigenvalue weighted by Gasteiger charge is 2.19. The second kappa shape index (κ2) is 6.76. The van der Waals surface area contributed by atoms with E-state index in [0.29, 0.717) is 17.1 Å². The number of nitro benzene ring substituents is 1. The number of rotatable bonds is 4. The molecule has 4 rings (SSSR count). The Morgan fingerprint density at radius 3 is 2.37 bits per heavy atom. The summed E-state index contributed by atoms with van der Waals surface area (Å²) in [5.74, 6) is 0.906. The molecule has 6 nitrogen and oxygen atoms in total. The highest BCUT2D eigenvalue weighted by Crippen LogP contribution is 2.27. The lowest BCUT2D eigenvalue weighted by Crippen LogP contribution is -2.15. The van der Waals surface area contributed by atoms with Crippen LogP contribution >= 0.6 is 0 Å². The number of carbonyl (C=O) groups is 1. The Morgan fingerprint density at radius 2 is 1.67 bits per heavy atom. The fraction of sp³-hybridized carbons (Fsp3) is 0. The smallest absolute Gasteiger partial charge is 0.269 e. The number of amides is 1. The zero-order valence-corrected chi connectivity index (χ0v) is 14.1. The minimum absolute atomic E-state index is 0.0221. The van der Waals surface area contributed by atoms with E-state index in [1.807, 2.05) is 30.3 Å². The van der Waals surface area contributed by atoms with E-state index in [0.717, 1.165) is 16.8 Å². The molecule has 0 bridgehead atoms. The molecule has 0 fully saturated rings. The molecule has 2 aromatic carbocycles. The third-order valence-electron chi connectivity index (χ3n) is 4.18. The van der Waals surface area contributed by atoms with Crippen molar-refractivity contribution in [3.8, 4) is 11.3 Å². The maximum absolute atomic E-state index is 12.2. The molecule has 1 aromatic heterocycles. The maximum atomic E-state index is 12.2. The Hall–Kier alpha value is -3.93. The van der Waals surface area contributed by atoms with Crippen LogP contribution in [0.4, 0.5) is 5.69 Å². The van der Waals surface area contributed by atoms with Crippen LogP contribution in [-0.2, 0) is 4.79 Å². The molecule has 0 saturated carbocycles. The molecule has 0 radical (unpaired) electrons. The molecule has 0 aliphatic carbocycles. The van der Waals surface area contributed by atoms with Crippen molar-refractivity contribution in [2.24, 2.45) is 0 Å². The summed E-state index contributed by atoms with van der Waals surface area (Å²) in [5, 5.41) is 13.6. The van der Waals surface area contributed by atoms with Crippen LogP contribution in [0.5, 0.6) is 0 Å². The summed E-state index contributed by atoms with van der Waals surface area (Å²) >= 11 is 0. The second-order valence-corrected chi connectivity index (χ2v) is 5.98. The molecule has 1 aliphatic heterocycles. The predicted molar refractivity (Wildman–Crippen MR) is 101 cm³/mol. The van der Waals surface area contributed by atoms with Crippen molar-refractivity contribution in [2.45, 2.75) is 0 Å². The highest BCUT2D eigenvalue weighted by atomic mass is 16.6. The molecule has 3 aromatic rings. The van der Waals surface area contributed by atoms with Crippen molar-refractivity contribution in [3.63, 3.8) is 0 Å². The van der Waals surface area contributed by atoms with E-state index >= 15 is 0 Å². The predicted octanol–water partition coefficient (Wildman–Crippen LogP) is 4.41. The van der Waals surface area contributed by atoms with Crippen molar-refractivity contribution in [3.05, 3.63) is 99.8 Å². The second-order valence-electron chi connectivity index (χ2n) is 5.98. The summed E-state index contributed by atoms with van der Waals surface area (Å²) in [6.07, 6.45) is 3.45. The molecule has 0 unspecified atom stereocenters. The van der Waals surface area contributed by atoms with Crippen LogP contribution < -0.4 is 5.32 Å². The summed E-state index contributed by atoms with van der Waals surface area (Å²) < 4.78 is 5.77. The van der Waals surface area contributed by atoms with Crippen molar-refractivity contribution in [1.29, 1.82) is 0 Å². The number of furan rings is 1. The minimum atomic E-state index is -0.447. The largest absolute Gasteiger partial charge is 0.457 e. The summed E-state index contributed by atoms with van der Waals surface area (Å²) in [6.45, 7) is 0. The molecule has 0 saturated heterocycles. The van der Waals surface area contributed by atoms with Crippen LogP contribution in [0.3, 0.4) is 0 Å². The summed E-state index contributed by atoms with van der Waals surface area (Å²) in [6, 6.07) is 19.2. The number of nitro groups is 1. The minimum Gasteiger partial charge on any atom is -0.457 e. The number of nitrogens with one attached hydrogen (secondary N) is 1. The molecule has 132 valence electrons. The Morgan fingerprint density at radius 1 is 0.926 bits per heavy atom. The number of hydrogen-bond acceptors (Lipinski definition) is 4. The molecule has 0 atom stereocenters. The zero-order chi connectivity index (χ0) is 18.8. The zero-order valence-electron chi connectivity index (χ0n) is 14.1. The van der Waals surface area contributed by atoms with Crippen LogP contribution in [-0.4, -0.2) is 10.8 Å². The van der Waals surface area contributed by atoms with E-state index in [-0.39, 0.29) is 11.6 Å². The van der Waals surface area contributed by atoms with Crippen molar-refractivity contribution in [2.75, 3.05) is 0 Å². The lowest BCUT2D eigenvalue weighted by molar-refractivity contribution is -0.384. The standard InChI is InChI=1S/C21H14N2O4/c24-21-16(13-19(22-21)14-4-2-1-3-5-14)12-18-10-11-20(27-18)15-6-8-17(9-7-15)23(25)26/h1-13H,(H,22,24). The van der Waals surface area contributed by atoms with Crippen LogP contribution in [0, 0.1) is 10.1 Å². The molecular weight excluding hydrogens is 344 g/mol. The fourth-order valence-corrected chi connectivity index (χ4v) is 2.82. The first-order chi connectivity index (χ1) is 13.1. The Bertz CT molecular complexity index is 1080. The van der Waals surface area contributed by atoms with Gasteiger partial charge >= 0.3 is 0 Å². The van der Waals surface area contributed by atoms with Crippen LogP contribution in [0.25, 0.3) is 23.1 Å². The van der Waals surface area contributed by atoms with E-state index in [4.69, 9.17) is 4.42 Å². The van der Waals surface area contributed by atoms with Gasteiger partial charge in [0.25, 0.3) is 11.6 Å². The SMILES string of the molecule is O=C1NC(c2ccccc2)=CC1=Cc1ccc(-c2ccc([N+](=O)[O-])cc2)o1. The van der Waals surface area contributed by atoms with E-state index in [1.54, 1.807) is 36.4 Å². The first-order valence-corrected chi connectivity index (χ1v) is 8.25. The number of nitrogens with zero attached hydrogens (tertiary/aromatic N) is 1. The summed E-state index contributed by atoms with van der Waals surface area (Å²) in [7, 11) is 0. The quantitative estimate of drug-likeness (QED) is 0.425. The molecule has 1 N–H and O–H groups in total. The van der Waals surface area contributed by atoms with E-state index in [9.17, 15) is 14.9 Å². The average molecular weight is 358 g/mol. The topological polar surface area (TPSA) is 85.4 Å². The normalized spacial score (nSPS) is 14.9. The van der Waals surface area contributed by atoms with Gasteiger partial charge in [-0.25, -0.2) is 0 Å². The van der Waals surface area contributed by atoms with Crippen molar-refractivity contribution < 1.29 is 14.1 Å². The van der Waals surface area contributed by atoms with Gasteiger partial charge in [-0.2, -0.15) is 0 Å². The number of non-ortho nitro benzene ring substituents is 1. The molecule has 27 heavy (non-hydrogen) atoms. The van der Waals surface area contributed by atoms with Gasteiger partial charge in [0, 0.05) is 29.0 Å². The van der Waals surface area contributed by atoms with Gasteiger partial charge in [0.15, 0.2) is 0 Å². The van der Waals surface area contributed by atoms with Crippen molar-refractivity contribution >= 4 is 23.4 Å². The molecule has 1 amide bonds. The van der Waals surface area contributed by atoms with Gasteiger partial charge in [0.1, 0.15) is 11.5 Å². The van der Waals surface area contributed by atoms with Gasteiger partial charge in [-0.3, -0.25) is 14.9 Å². The van der Waals surface area contributed by atoms with E-state index < -0.39 is 4.92 Å². The average Bonchev–Trinajstić information content (AvgIpc) is 3.30. The molecule has 0 spiro atoms. The summed E-state index contributed by atoms with van der Waals surface area (Å²) in [4.78, 5) is 22.5. The molecular formula is C21H14N2O4. The first-order valence-electron chi connectivity index (χ1n) is 8.25. The van der Waals surface area contributed by atoms with Gasteiger partial charge in [-0.1, -0.05) is 30.3 Å². The monoisotopic (exact) mass is 358 g/mol. The molecule has 6 heteroatoms. The molecule has 2 heterocycles.